The Morgan fingerprint density at radius 1 is 1.00 bits per heavy atom. The van der Waals surface area contributed by atoms with Gasteiger partial charge in [0.25, 0.3) is 0 Å². The number of carbonyl (C=O) groups excluding carboxylic acids is 3. The first-order chi connectivity index (χ1) is 8.54. The lowest BCUT2D eigenvalue weighted by atomic mass is 9.93. The quantitative estimate of drug-likeness (QED) is 0.585. The minimum Gasteiger partial charge on any atom is -0.496 e. The number of ether oxygens (including phenoxy) is 2. The van der Waals surface area contributed by atoms with Crippen LogP contribution in [-0.4, -0.2) is 24.6 Å². The molecule has 0 aromatic heterocycles. The Bertz CT molecular complexity index is 583. The number of methoxy groups -OCH3 is 1. The highest BCUT2D eigenvalue weighted by Gasteiger charge is 2.27. The molecule has 0 saturated heterocycles. The molecule has 92 valence electrons. The maximum absolute atomic E-state index is 11.8. The van der Waals surface area contributed by atoms with Crippen molar-refractivity contribution < 1.29 is 23.9 Å². The minimum atomic E-state index is -0.558. The van der Waals surface area contributed by atoms with Gasteiger partial charge in [0.1, 0.15) is 11.5 Å². The van der Waals surface area contributed by atoms with E-state index in [4.69, 9.17) is 9.47 Å². The van der Waals surface area contributed by atoms with E-state index in [-0.39, 0.29) is 34.2 Å². The summed E-state index contributed by atoms with van der Waals surface area (Å²) in [6.45, 7) is 1.22. The van der Waals surface area contributed by atoms with Gasteiger partial charge in [0.2, 0.25) is 0 Å². The van der Waals surface area contributed by atoms with E-state index >= 15 is 0 Å². The van der Waals surface area contributed by atoms with Crippen molar-refractivity contribution in [1.29, 1.82) is 0 Å². The zero-order valence-electron chi connectivity index (χ0n) is 9.85. The molecule has 0 heterocycles. The van der Waals surface area contributed by atoms with Gasteiger partial charge in [-0.3, -0.25) is 14.4 Å². The summed E-state index contributed by atoms with van der Waals surface area (Å²) in [7, 11) is 1.40. The smallest absolute Gasteiger partial charge is 0.308 e. The first kappa shape index (κ1) is 12.0. The van der Waals surface area contributed by atoms with E-state index < -0.39 is 5.97 Å². The molecule has 0 spiro atoms. The van der Waals surface area contributed by atoms with Crippen LogP contribution in [0.25, 0.3) is 0 Å². The monoisotopic (exact) mass is 246 g/mol. The van der Waals surface area contributed by atoms with Crippen LogP contribution >= 0.6 is 0 Å². The van der Waals surface area contributed by atoms with Crippen LogP contribution < -0.4 is 9.47 Å². The highest BCUT2D eigenvalue weighted by molar-refractivity contribution is 6.24. The maximum atomic E-state index is 11.8. The zero-order valence-corrected chi connectivity index (χ0v) is 9.85. The molecule has 0 amide bonds. The fourth-order valence-corrected chi connectivity index (χ4v) is 1.78. The highest BCUT2D eigenvalue weighted by atomic mass is 16.5. The number of allylic oxidation sites excluding steroid dienone is 2. The van der Waals surface area contributed by atoms with Crippen LogP contribution in [0.1, 0.15) is 27.6 Å². The third-order valence-corrected chi connectivity index (χ3v) is 2.48. The first-order valence-corrected chi connectivity index (χ1v) is 5.20. The Morgan fingerprint density at radius 3 is 2.00 bits per heavy atom. The summed E-state index contributed by atoms with van der Waals surface area (Å²) in [5, 5.41) is 0. The number of esters is 1. The van der Waals surface area contributed by atoms with Crippen molar-refractivity contribution in [3.05, 3.63) is 35.4 Å². The van der Waals surface area contributed by atoms with E-state index in [9.17, 15) is 14.4 Å². The Kier molecular flexibility index (Phi) is 2.97. The van der Waals surface area contributed by atoms with Crippen molar-refractivity contribution in [3.8, 4) is 11.5 Å². The van der Waals surface area contributed by atoms with Gasteiger partial charge in [-0.1, -0.05) is 0 Å². The molecule has 0 aliphatic heterocycles. The van der Waals surface area contributed by atoms with Crippen LogP contribution in [0, 0.1) is 0 Å². The van der Waals surface area contributed by atoms with Crippen LogP contribution in [0.4, 0.5) is 0 Å². The predicted octanol–water partition coefficient (Wildman–Crippen LogP) is 1.56. The van der Waals surface area contributed by atoms with Gasteiger partial charge in [0.15, 0.2) is 11.6 Å². The number of benzene rings is 1. The largest absolute Gasteiger partial charge is 0.496 e. The third kappa shape index (κ3) is 1.90. The molecule has 0 bridgehead atoms. The topological polar surface area (TPSA) is 69.7 Å². The second-order valence-electron chi connectivity index (χ2n) is 3.67. The molecule has 2 rings (SSSR count). The molecule has 18 heavy (non-hydrogen) atoms. The SMILES string of the molecule is COc1ccc(OC(C)=O)c2c1C(=O)C=CC2=O. The van der Waals surface area contributed by atoms with E-state index in [1.54, 1.807) is 0 Å². The van der Waals surface area contributed by atoms with Crippen LogP contribution in [0.2, 0.25) is 0 Å². The number of hydrogen-bond donors (Lipinski definition) is 0. The highest BCUT2D eigenvalue weighted by Crippen LogP contribution is 2.34. The van der Waals surface area contributed by atoms with Crippen molar-refractivity contribution >= 4 is 17.5 Å². The summed E-state index contributed by atoms with van der Waals surface area (Å²) in [4.78, 5) is 34.6. The Morgan fingerprint density at radius 2 is 1.50 bits per heavy atom. The summed E-state index contributed by atoms with van der Waals surface area (Å²) in [5.41, 5.74) is 0.195. The molecule has 0 unspecified atom stereocenters. The van der Waals surface area contributed by atoms with Crippen LogP contribution in [-0.2, 0) is 4.79 Å². The van der Waals surface area contributed by atoms with Crippen molar-refractivity contribution in [2.24, 2.45) is 0 Å². The fraction of sp³-hybridized carbons (Fsp3) is 0.154. The number of ketones is 2. The van der Waals surface area contributed by atoms with E-state index in [1.165, 1.54) is 32.2 Å². The molecule has 0 atom stereocenters. The molecule has 1 aliphatic rings. The predicted molar refractivity (Wildman–Crippen MR) is 62.1 cm³/mol. The lowest BCUT2D eigenvalue weighted by Gasteiger charge is -2.16. The van der Waals surface area contributed by atoms with E-state index in [0.717, 1.165) is 6.08 Å². The normalized spacial score (nSPS) is 13.2. The van der Waals surface area contributed by atoms with Gasteiger partial charge < -0.3 is 9.47 Å². The molecule has 5 heteroatoms. The average Bonchev–Trinajstić information content (AvgIpc) is 2.33. The standard InChI is InChI=1S/C13H10O5/c1-7(14)18-11-6-5-10(17-2)12-8(15)3-4-9(16)13(11)12/h3-6H,1-2H3. The van der Waals surface area contributed by atoms with Crippen molar-refractivity contribution in [2.75, 3.05) is 7.11 Å². The second-order valence-corrected chi connectivity index (χ2v) is 3.67. The summed E-state index contributed by atoms with van der Waals surface area (Å²) in [6, 6.07) is 2.92. The number of hydrogen-bond acceptors (Lipinski definition) is 5. The molecular weight excluding hydrogens is 236 g/mol. The number of rotatable bonds is 2. The average molecular weight is 246 g/mol. The molecule has 5 nitrogen and oxygen atoms in total. The van der Waals surface area contributed by atoms with E-state index in [1.807, 2.05) is 0 Å². The van der Waals surface area contributed by atoms with E-state index in [0.29, 0.717) is 0 Å². The second kappa shape index (κ2) is 4.44. The number of carbonyl (C=O) groups is 3. The van der Waals surface area contributed by atoms with Crippen LogP contribution in [0.15, 0.2) is 24.3 Å². The van der Waals surface area contributed by atoms with Gasteiger partial charge in [-0.15, -0.1) is 0 Å². The van der Waals surface area contributed by atoms with Crippen LogP contribution in [0.3, 0.4) is 0 Å². The van der Waals surface area contributed by atoms with Crippen molar-refractivity contribution in [1.82, 2.24) is 0 Å². The summed E-state index contributed by atoms with van der Waals surface area (Å²) in [6.07, 6.45) is 2.32. The van der Waals surface area contributed by atoms with Crippen LogP contribution in [0.5, 0.6) is 11.5 Å². The van der Waals surface area contributed by atoms with Gasteiger partial charge in [-0.05, 0) is 24.3 Å². The molecule has 0 radical (unpaired) electrons. The third-order valence-electron chi connectivity index (χ3n) is 2.48. The van der Waals surface area contributed by atoms with Gasteiger partial charge in [0.05, 0.1) is 18.2 Å². The Hall–Kier alpha value is -2.43. The van der Waals surface area contributed by atoms with Gasteiger partial charge in [0, 0.05) is 6.92 Å². The molecule has 1 aromatic rings. The number of fused-ring (bicyclic) bond motifs is 1. The van der Waals surface area contributed by atoms with Crippen molar-refractivity contribution in [3.63, 3.8) is 0 Å². The lowest BCUT2D eigenvalue weighted by Crippen LogP contribution is -2.16. The van der Waals surface area contributed by atoms with E-state index in [2.05, 4.69) is 0 Å². The molecule has 0 saturated carbocycles. The summed E-state index contributed by atoms with van der Waals surface area (Å²) < 4.78 is 9.97. The first-order valence-electron chi connectivity index (χ1n) is 5.20. The maximum Gasteiger partial charge on any atom is 0.308 e. The molecular formula is C13H10O5. The zero-order chi connectivity index (χ0) is 13.3. The fourth-order valence-electron chi connectivity index (χ4n) is 1.78. The molecule has 0 N–H and O–H groups in total. The van der Waals surface area contributed by atoms with Crippen molar-refractivity contribution in [2.45, 2.75) is 6.92 Å². The summed E-state index contributed by atoms with van der Waals surface area (Å²) in [5.74, 6) is -0.947. The Labute approximate surface area is 103 Å². The molecule has 1 aromatic carbocycles. The van der Waals surface area contributed by atoms with Gasteiger partial charge in [-0.25, -0.2) is 0 Å². The summed E-state index contributed by atoms with van der Waals surface area (Å²) >= 11 is 0. The Balaban J connectivity index is 2.68. The minimum absolute atomic E-state index is 0.0667. The molecule has 0 fully saturated rings. The lowest BCUT2D eigenvalue weighted by molar-refractivity contribution is -0.131. The molecule has 1 aliphatic carbocycles. The van der Waals surface area contributed by atoms with Gasteiger partial charge >= 0.3 is 5.97 Å². The van der Waals surface area contributed by atoms with Gasteiger partial charge in [-0.2, -0.15) is 0 Å².